The normalized spacial score (nSPS) is 12.8. The molecule has 24 heavy (non-hydrogen) atoms. The molecular formula is C19H33N3O2. The van der Waals surface area contributed by atoms with E-state index in [1.165, 1.54) is 0 Å². The molecule has 0 aromatic heterocycles. The molecule has 0 aliphatic carbocycles. The molecule has 0 aliphatic heterocycles. The first kappa shape index (κ1) is 20.1. The molecule has 0 amide bonds. The van der Waals surface area contributed by atoms with E-state index in [0.717, 1.165) is 29.6 Å². The summed E-state index contributed by atoms with van der Waals surface area (Å²) in [4.78, 5) is 4.77. The van der Waals surface area contributed by atoms with Crippen LogP contribution in [0.15, 0.2) is 23.2 Å². The number of benzene rings is 1. The number of methoxy groups -OCH3 is 2. The molecule has 0 bridgehead atoms. The quantitative estimate of drug-likeness (QED) is 0.618. The van der Waals surface area contributed by atoms with E-state index in [9.17, 15) is 0 Å². The number of aliphatic imine (C=N–C) groups is 1. The summed E-state index contributed by atoms with van der Waals surface area (Å²) in [7, 11) is 3.30. The SMILES string of the molecule is CCNC(=NCC(C)(C)c1ccc(OC)c(OC)c1)NC(C)(C)C. The maximum atomic E-state index is 5.42. The van der Waals surface area contributed by atoms with Crippen molar-refractivity contribution in [1.29, 1.82) is 0 Å². The van der Waals surface area contributed by atoms with Gasteiger partial charge in [-0.2, -0.15) is 0 Å². The molecule has 0 atom stereocenters. The molecule has 1 rings (SSSR count). The van der Waals surface area contributed by atoms with Crippen molar-refractivity contribution < 1.29 is 9.47 Å². The van der Waals surface area contributed by atoms with Crippen molar-refractivity contribution in [1.82, 2.24) is 10.6 Å². The minimum Gasteiger partial charge on any atom is -0.493 e. The second-order valence-corrected chi connectivity index (χ2v) is 7.52. The van der Waals surface area contributed by atoms with Crippen molar-refractivity contribution in [3.8, 4) is 11.5 Å². The number of hydrogen-bond donors (Lipinski definition) is 2. The maximum absolute atomic E-state index is 5.42. The molecule has 0 saturated carbocycles. The van der Waals surface area contributed by atoms with Gasteiger partial charge in [0.2, 0.25) is 0 Å². The summed E-state index contributed by atoms with van der Waals surface area (Å²) in [5, 5.41) is 6.71. The van der Waals surface area contributed by atoms with Gasteiger partial charge < -0.3 is 20.1 Å². The summed E-state index contributed by atoms with van der Waals surface area (Å²) < 4.78 is 10.7. The molecule has 5 nitrogen and oxygen atoms in total. The molecule has 0 heterocycles. The van der Waals surface area contributed by atoms with Gasteiger partial charge in [0.15, 0.2) is 17.5 Å². The summed E-state index contributed by atoms with van der Waals surface area (Å²) in [5.74, 6) is 2.31. The second-order valence-electron chi connectivity index (χ2n) is 7.52. The molecule has 1 aromatic carbocycles. The number of rotatable bonds is 6. The first-order chi connectivity index (χ1) is 11.1. The molecule has 0 aliphatic rings. The van der Waals surface area contributed by atoms with Crippen LogP contribution in [0.1, 0.15) is 47.1 Å². The Kier molecular flexibility index (Phi) is 6.93. The number of ether oxygens (including phenoxy) is 2. The van der Waals surface area contributed by atoms with Crippen LogP contribution in [0.4, 0.5) is 0 Å². The Bertz CT molecular complexity index is 560. The summed E-state index contributed by atoms with van der Waals surface area (Å²) in [6.45, 7) is 14.3. The Morgan fingerprint density at radius 3 is 2.17 bits per heavy atom. The molecule has 0 saturated heterocycles. The highest BCUT2D eigenvalue weighted by molar-refractivity contribution is 5.80. The number of nitrogens with zero attached hydrogens (tertiary/aromatic N) is 1. The molecule has 0 radical (unpaired) electrons. The minimum atomic E-state index is -0.125. The number of guanidine groups is 1. The van der Waals surface area contributed by atoms with Gasteiger partial charge in [-0.1, -0.05) is 19.9 Å². The van der Waals surface area contributed by atoms with Gasteiger partial charge in [0.25, 0.3) is 0 Å². The molecule has 0 spiro atoms. The minimum absolute atomic E-state index is 0.0333. The van der Waals surface area contributed by atoms with Crippen LogP contribution in [0, 0.1) is 0 Å². The van der Waals surface area contributed by atoms with Crippen molar-refractivity contribution >= 4 is 5.96 Å². The molecule has 0 unspecified atom stereocenters. The van der Waals surface area contributed by atoms with Gasteiger partial charge in [0.05, 0.1) is 20.8 Å². The zero-order valence-corrected chi connectivity index (χ0v) is 16.4. The summed E-state index contributed by atoms with van der Waals surface area (Å²) in [6.07, 6.45) is 0. The van der Waals surface area contributed by atoms with E-state index in [0.29, 0.717) is 6.54 Å². The van der Waals surface area contributed by atoms with Crippen LogP contribution < -0.4 is 20.1 Å². The smallest absolute Gasteiger partial charge is 0.191 e. The van der Waals surface area contributed by atoms with E-state index in [1.807, 2.05) is 12.1 Å². The third kappa shape index (κ3) is 5.95. The van der Waals surface area contributed by atoms with Crippen LogP contribution in [0.3, 0.4) is 0 Å². The van der Waals surface area contributed by atoms with Crippen molar-refractivity contribution in [3.63, 3.8) is 0 Å². The van der Waals surface area contributed by atoms with E-state index in [-0.39, 0.29) is 11.0 Å². The topological polar surface area (TPSA) is 54.9 Å². The van der Waals surface area contributed by atoms with Gasteiger partial charge in [-0.3, -0.25) is 4.99 Å². The Morgan fingerprint density at radius 1 is 1.04 bits per heavy atom. The van der Waals surface area contributed by atoms with Gasteiger partial charge in [0, 0.05) is 17.5 Å². The lowest BCUT2D eigenvalue weighted by Crippen LogP contribution is -2.48. The summed E-state index contributed by atoms with van der Waals surface area (Å²) >= 11 is 0. The van der Waals surface area contributed by atoms with Crippen LogP contribution in [0.2, 0.25) is 0 Å². The average Bonchev–Trinajstić information content (AvgIpc) is 2.50. The van der Waals surface area contributed by atoms with Crippen molar-refractivity contribution in [3.05, 3.63) is 23.8 Å². The zero-order chi connectivity index (χ0) is 18.4. The van der Waals surface area contributed by atoms with E-state index in [1.54, 1.807) is 14.2 Å². The van der Waals surface area contributed by atoms with Gasteiger partial charge in [-0.25, -0.2) is 0 Å². The van der Waals surface area contributed by atoms with Gasteiger partial charge in [0.1, 0.15) is 0 Å². The van der Waals surface area contributed by atoms with E-state index >= 15 is 0 Å². The summed E-state index contributed by atoms with van der Waals surface area (Å²) in [5.41, 5.74) is 1.00. The first-order valence-electron chi connectivity index (χ1n) is 8.42. The lowest BCUT2D eigenvalue weighted by molar-refractivity contribution is 0.353. The third-order valence-electron chi connectivity index (χ3n) is 3.64. The van der Waals surface area contributed by atoms with Crippen LogP contribution in [-0.2, 0) is 5.41 Å². The van der Waals surface area contributed by atoms with Crippen LogP contribution in [-0.4, -0.2) is 38.8 Å². The Labute approximate surface area is 146 Å². The molecule has 0 fully saturated rings. The Balaban J connectivity index is 3.00. The Hall–Kier alpha value is -1.91. The van der Waals surface area contributed by atoms with Crippen LogP contribution >= 0.6 is 0 Å². The van der Waals surface area contributed by atoms with Crippen LogP contribution in [0.5, 0.6) is 11.5 Å². The standard InChI is InChI=1S/C19H33N3O2/c1-9-20-17(22-18(2,3)4)21-13-19(5,6)14-10-11-15(23-7)16(12-14)24-8/h10-12H,9,13H2,1-8H3,(H2,20,21,22). The fraction of sp³-hybridized carbons (Fsp3) is 0.632. The monoisotopic (exact) mass is 335 g/mol. The van der Waals surface area contributed by atoms with Gasteiger partial charge in [-0.15, -0.1) is 0 Å². The highest BCUT2D eigenvalue weighted by atomic mass is 16.5. The fourth-order valence-electron chi connectivity index (χ4n) is 2.29. The van der Waals surface area contributed by atoms with Crippen molar-refractivity contribution in [2.75, 3.05) is 27.3 Å². The van der Waals surface area contributed by atoms with Crippen molar-refractivity contribution in [2.45, 2.75) is 52.5 Å². The predicted octanol–water partition coefficient (Wildman–Crippen LogP) is 3.34. The first-order valence-corrected chi connectivity index (χ1v) is 8.42. The zero-order valence-electron chi connectivity index (χ0n) is 16.4. The van der Waals surface area contributed by atoms with Gasteiger partial charge in [-0.05, 0) is 45.4 Å². The molecular weight excluding hydrogens is 302 g/mol. The fourth-order valence-corrected chi connectivity index (χ4v) is 2.29. The van der Waals surface area contributed by atoms with E-state index in [2.05, 4.69) is 58.2 Å². The highest BCUT2D eigenvalue weighted by Crippen LogP contribution is 2.33. The Morgan fingerprint density at radius 2 is 1.67 bits per heavy atom. The lowest BCUT2D eigenvalue weighted by atomic mass is 9.84. The molecule has 5 heteroatoms. The second kappa shape index (κ2) is 8.27. The van der Waals surface area contributed by atoms with Gasteiger partial charge >= 0.3 is 0 Å². The lowest BCUT2D eigenvalue weighted by Gasteiger charge is -2.27. The summed E-state index contributed by atoms with van der Waals surface area (Å²) in [6, 6.07) is 6.04. The molecule has 2 N–H and O–H groups in total. The highest BCUT2D eigenvalue weighted by Gasteiger charge is 2.23. The van der Waals surface area contributed by atoms with Crippen molar-refractivity contribution in [2.24, 2.45) is 4.99 Å². The molecule has 136 valence electrons. The van der Waals surface area contributed by atoms with E-state index < -0.39 is 0 Å². The maximum Gasteiger partial charge on any atom is 0.191 e. The molecule has 1 aromatic rings. The third-order valence-corrected chi connectivity index (χ3v) is 3.64. The largest absolute Gasteiger partial charge is 0.493 e. The average molecular weight is 335 g/mol. The predicted molar refractivity (Wildman–Crippen MR) is 101 cm³/mol. The van der Waals surface area contributed by atoms with Crippen LogP contribution in [0.25, 0.3) is 0 Å². The van der Waals surface area contributed by atoms with E-state index in [4.69, 9.17) is 14.5 Å². The number of nitrogens with one attached hydrogen (secondary N) is 2. The number of hydrogen-bond acceptors (Lipinski definition) is 3.